The summed E-state index contributed by atoms with van der Waals surface area (Å²) < 4.78 is 0. The van der Waals surface area contributed by atoms with Crippen molar-refractivity contribution in [2.45, 2.75) is 38.8 Å². The number of fused-ring (bicyclic) bond motifs is 1. The topological polar surface area (TPSA) is 24.9 Å². The Hall–Kier alpha value is -1.41. The van der Waals surface area contributed by atoms with Crippen molar-refractivity contribution in [3.05, 3.63) is 42.1 Å². The fourth-order valence-corrected chi connectivity index (χ4v) is 2.67. The van der Waals surface area contributed by atoms with Crippen LogP contribution < -0.4 is 5.32 Å². The van der Waals surface area contributed by atoms with Gasteiger partial charge in [0.2, 0.25) is 0 Å². The van der Waals surface area contributed by atoms with Crippen LogP contribution in [0.3, 0.4) is 0 Å². The molecule has 1 aliphatic carbocycles. The van der Waals surface area contributed by atoms with Crippen molar-refractivity contribution in [3.63, 3.8) is 0 Å². The lowest BCUT2D eigenvalue weighted by Crippen LogP contribution is -2.17. The predicted octanol–water partition coefficient (Wildman–Crippen LogP) is 3.51. The Balaban J connectivity index is 1.61. The second-order valence-corrected chi connectivity index (χ2v) is 5.30. The summed E-state index contributed by atoms with van der Waals surface area (Å²) in [6.07, 6.45) is 5.90. The summed E-state index contributed by atoms with van der Waals surface area (Å²) in [4.78, 5) is 4.35. The first-order valence-corrected chi connectivity index (χ1v) is 6.94. The number of hydrogen-bond acceptors (Lipinski definition) is 2. The first-order chi connectivity index (χ1) is 8.86. The van der Waals surface area contributed by atoms with Gasteiger partial charge in [0.15, 0.2) is 0 Å². The minimum Gasteiger partial charge on any atom is -0.310 e. The van der Waals surface area contributed by atoms with Crippen molar-refractivity contribution < 1.29 is 0 Å². The van der Waals surface area contributed by atoms with Crippen LogP contribution in [0.4, 0.5) is 0 Å². The predicted molar refractivity (Wildman–Crippen MR) is 75.4 cm³/mol. The zero-order chi connectivity index (χ0) is 12.4. The quantitative estimate of drug-likeness (QED) is 0.865. The average molecular weight is 240 g/mol. The van der Waals surface area contributed by atoms with Gasteiger partial charge in [-0.25, -0.2) is 0 Å². The fourth-order valence-electron chi connectivity index (χ4n) is 2.67. The summed E-state index contributed by atoms with van der Waals surface area (Å²) in [6, 6.07) is 11.4. The molecule has 0 radical (unpaired) electrons. The van der Waals surface area contributed by atoms with Crippen molar-refractivity contribution >= 4 is 10.9 Å². The highest BCUT2D eigenvalue weighted by Crippen LogP contribution is 2.34. The van der Waals surface area contributed by atoms with Gasteiger partial charge in [-0.1, -0.05) is 25.5 Å². The Morgan fingerprint density at radius 3 is 3.17 bits per heavy atom. The summed E-state index contributed by atoms with van der Waals surface area (Å²) in [6.45, 7) is 3.25. The zero-order valence-electron chi connectivity index (χ0n) is 10.9. The lowest BCUT2D eigenvalue weighted by atomic mass is 10.1. The molecule has 2 aromatic rings. The van der Waals surface area contributed by atoms with E-state index in [9.17, 15) is 0 Å². The van der Waals surface area contributed by atoms with Gasteiger partial charge in [0, 0.05) is 24.2 Å². The normalized spacial score (nSPS) is 22.3. The molecule has 1 saturated carbocycles. The Morgan fingerprint density at radius 2 is 2.28 bits per heavy atom. The van der Waals surface area contributed by atoms with Gasteiger partial charge in [0.25, 0.3) is 0 Å². The van der Waals surface area contributed by atoms with Crippen LogP contribution in [0.5, 0.6) is 0 Å². The SMILES string of the molecule is CCCC1CC1NCc1ccc2ncccc2c1. The molecule has 1 N–H and O–H groups in total. The Morgan fingerprint density at radius 1 is 1.33 bits per heavy atom. The molecular formula is C16H20N2. The number of nitrogens with zero attached hydrogens (tertiary/aromatic N) is 1. The van der Waals surface area contributed by atoms with Crippen LogP contribution in [-0.2, 0) is 6.54 Å². The molecular weight excluding hydrogens is 220 g/mol. The number of pyridine rings is 1. The van der Waals surface area contributed by atoms with Crippen molar-refractivity contribution in [2.75, 3.05) is 0 Å². The highest BCUT2D eigenvalue weighted by atomic mass is 15.0. The maximum atomic E-state index is 4.35. The standard InChI is InChI=1S/C16H20N2/c1-2-4-13-10-16(13)18-11-12-6-7-15-14(9-12)5-3-8-17-15/h3,5-9,13,16,18H,2,4,10-11H2,1H3. The minimum atomic E-state index is 0.759. The smallest absolute Gasteiger partial charge is 0.0702 e. The molecule has 0 bridgehead atoms. The minimum absolute atomic E-state index is 0.759. The number of benzene rings is 1. The van der Waals surface area contributed by atoms with E-state index in [2.05, 4.69) is 41.5 Å². The van der Waals surface area contributed by atoms with Crippen LogP contribution in [0.25, 0.3) is 10.9 Å². The van der Waals surface area contributed by atoms with Crippen molar-refractivity contribution in [1.82, 2.24) is 10.3 Å². The van der Waals surface area contributed by atoms with Crippen LogP contribution in [-0.4, -0.2) is 11.0 Å². The molecule has 18 heavy (non-hydrogen) atoms. The fraction of sp³-hybridized carbons (Fsp3) is 0.438. The van der Waals surface area contributed by atoms with E-state index in [1.807, 2.05) is 12.3 Å². The molecule has 0 spiro atoms. The summed E-state index contributed by atoms with van der Waals surface area (Å²) in [7, 11) is 0. The van der Waals surface area contributed by atoms with E-state index in [0.717, 1.165) is 24.0 Å². The second-order valence-electron chi connectivity index (χ2n) is 5.30. The molecule has 1 fully saturated rings. The molecule has 1 aromatic carbocycles. The molecule has 2 unspecified atom stereocenters. The third-order valence-corrected chi connectivity index (χ3v) is 3.82. The van der Waals surface area contributed by atoms with E-state index < -0.39 is 0 Å². The summed E-state index contributed by atoms with van der Waals surface area (Å²) in [5, 5.41) is 4.89. The Kier molecular flexibility index (Phi) is 3.28. The second kappa shape index (κ2) is 5.07. The zero-order valence-corrected chi connectivity index (χ0v) is 10.9. The molecule has 2 atom stereocenters. The first kappa shape index (κ1) is 11.7. The summed E-state index contributed by atoms with van der Waals surface area (Å²) in [5.74, 6) is 0.928. The van der Waals surface area contributed by atoms with E-state index in [0.29, 0.717) is 0 Å². The average Bonchev–Trinajstić information content (AvgIpc) is 3.15. The molecule has 2 heteroatoms. The van der Waals surface area contributed by atoms with Crippen molar-refractivity contribution in [3.8, 4) is 0 Å². The summed E-state index contributed by atoms with van der Waals surface area (Å²) in [5.41, 5.74) is 2.44. The van der Waals surface area contributed by atoms with Crippen LogP contribution in [0.15, 0.2) is 36.5 Å². The monoisotopic (exact) mass is 240 g/mol. The van der Waals surface area contributed by atoms with Gasteiger partial charge < -0.3 is 5.32 Å². The van der Waals surface area contributed by atoms with Gasteiger partial charge in [-0.05, 0) is 42.5 Å². The van der Waals surface area contributed by atoms with Gasteiger partial charge in [0.1, 0.15) is 0 Å². The third kappa shape index (κ3) is 2.54. The lowest BCUT2D eigenvalue weighted by Gasteiger charge is -2.05. The molecule has 0 saturated heterocycles. The summed E-state index contributed by atoms with van der Waals surface area (Å²) >= 11 is 0. The lowest BCUT2D eigenvalue weighted by molar-refractivity contribution is 0.599. The van der Waals surface area contributed by atoms with Crippen molar-refractivity contribution in [2.24, 2.45) is 5.92 Å². The molecule has 0 aliphatic heterocycles. The molecule has 3 rings (SSSR count). The van der Waals surface area contributed by atoms with Gasteiger partial charge >= 0.3 is 0 Å². The van der Waals surface area contributed by atoms with Gasteiger partial charge in [-0.3, -0.25) is 4.98 Å². The number of aromatic nitrogens is 1. The van der Waals surface area contributed by atoms with Gasteiger partial charge in [0.05, 0.1) is 5.52 Å². The number of hydrogen-bond donors (Lipinski definition) is 1. The largest absolute Gasteiger partial charge is 0.310 e. The van der Waals surface area contributed by atoms with E-state index in [1.54, 1.807) is 0 Å². The Bertz CT molecular complexity index is 535. The van der Waals surface area contributed by atoms with Crippen molar-refractivity contribution in [1.29, 1.82) is 0 Å². The van der Waals surface area contributed by atoms with Crippen LogP contribution in [0.1, 0.15) is 31.7 Å². The molecule has 1 heterocycles. The van der Waals surface area contributed by atoms with E-state index in [-0.39, 0.29) is 0 Å². The molecule has 1 aromatic heterocycles. The first-order valence-electron chi connectivity index (χ1n) is 6.94. The number of nitrogens with one attached hydrogen (secondary N) is 1. The molecule has 1 aliphatic rings. The molecule has 2 nitrogen and oxygen atoms in total. The highest BCUT2D eigenvalue weighted by molar-refractivity contribution is 5.78. The highest BCUT2D eigenvalue weighted by Gasteiger charge is 2.35. The number of rotatable bonds is 5. The maximum Gasteiger partial charge on any atom is 0.0702 e. The third-order valence-electron chi connectivity index (χ3n) is 3.82. The van der Waals surface area contributed by atoms with E-state index >= 15 is 0 Å². The van der Waals surface area contributed by atoms with Crippen LogP contribution >= 0.6 is 0 Å². The van der Waals surface area contributed by atoms with Gasteiger partial charge in [-0.15, -0.1) is 0 Å². The maximum absolute atomic E-state index is 4.35. The van der Waals surface area contributed by atoms with Crippen LogP contribution in [0, 0.1) is 5.92 Å². The molecule has 0 amide bonds. The van der Waals surface area contributed by atoms with Gasteiger partial charge in [-0.2, -0.15) is 0 Å². The Labute approximate surface area is 108 Å². The molecule has 94 valence electrons. The van der Waals surface area contributed by atoms with Crippen LogP contribution in [0.2, 0.25) is 0 Å². The van der Waals surface area contributed by atoms with E-state index in [4.69, 9.17) is 0 Å². The van der Waals surface area contributed by atoms with E-state index in [1.165, 1.54) is 30.2 Å².